The second kappa shape index (κ2) is 5.52. The smallest absolute Gasteiger partial charge is 0.363 e. The SMILES string of the molecule is CN(C)C1(CNc2ccc([N+](=O)[O-])nc2)CCCC1. The number of nitrogens with one attached hydrogen (secondary N) is 1. The lowest BCUT2D eigenvalue weighted by Gasteiger charge is -2.36. The number of anilines is 1. The highest BCUT2D eigenvalue weighted by Gasteiger charge is 2.35. The van der Waals surface area contributed by atoms with Crippen LogP contribution in [0.25, 0.3) is 0 Å². The molecule has 0 unspecified atom stereocenters. The number of hydrogen-bond donors (Lipinski definition) is 1. The average Bonchev–Trinajstić information content (AvgIpc) is 2.87. The molecule has 1 aromatic rings. The molecule has 1 aromatic heterocycles. The summed E-state index contributed by atoms with van der Waals surface area (Å²) in [4.78, 5) is 16.2. The van der Waals surface area contributed by atoms with E-state index >= 15 is 0 Å². The van der Waals surface area contributed by atoms with Crippen LogP contribution in [0, 0.1) is 10.1 Å². The molecule has 2 rings (SSSR count). The second-order valence-corrected chi connectivity index (χ2v) is 5.34. The predicted molar refractivity (Wildman–Crippen MR) is 74.3 cm³/mol. The molecule has 104 valence electrons. The molecular weight excluding hydrogens is 244 g/mol. The van der Waals surface area contributed by atoms with E-state index in [0.717, 1.165) is 12.2 Å². The molecule has 6 heteroatoms. The van der Waals surface area contributed by atoms with E-state index in [0.29, 0.717) is 0 Å². The first-order valence-corrected chi connectivity index (χ1v) is 6.55. The van der Waals surface area contributed by atoms with E-state index in [1.54, 1.807) is 6.07 Å². The van der Waals surface area contributed by atoms with Crippen LogP contribution < -0.4 is 5.32 Å². The van der Waals surface area contributed by atoms with Crippen molar-refractivity contribution >= 4 is 11.5 Å². The van der Waals surface area contributed by atoms with E-state index in [1.807, 2.05) is 0 Å². The van der Waals surface area contributed by atoms with Crippen LogP contribution in [0.15, 0.2) is 18.3 Å². The van der Waals surface area contributed by atoms with Crippen LogP contribution in [0.4, 0.5) is 11.5 Å². The highest BCUT2D eigenvalue weighted by Crippen LogP contribution is 2.33. The van der Waals surface area contributed by atoms with E-state index in [-0.39, 0.29) is 11.4 Å². The van der Waals surface area contributed by atoms with Gasteiger partial charge < -0.3 is 20.3 Å². The number of aromatic nitrogens is 1. The maximum Gasteiger partial charge on any atom is 0.363 e. The molecule has 0 atom stereocenters. The van der Waals surface area contributed by atoms with Gasteiger partial charge in [-0.1, -0.05) is 12.8 Å². The molecule has 0 aromatic carbocycles. The van der Waals surface area contributed by atoms with Crippen molar-refractivity contribution in [2.45, 2.75) is 31.2 Å². The fourth-order valence-corrected chi connectivity index (χ4v) is 2.68. The van der Waals surface area contributed by atoms with Gasteiger partial charge in [-0.2, -0.15) is 0 Å². The Balaban J connectivity index is 1.99. The Kier molecular flexibility index (Phi) is 3.99. The molecule has 0 amide bonds. The lowest BCUT2D eigenvalue weighted by Crippen LogP contribution is -2.47. The molecular formula is C13H20N4O2. The van der Waals surface area contributed by atoms with Gasteiger partial charge in [-0.05, 0) is 42.9 Å². The molecule has 0 aliphatic heterocycles. The quantitative estimate of drug-likeness (QED) is 0.652. The molecule has 6 nitrogen and oxygen atoms in total. The molecule has 1 saturated carbocycles. The largest absolute Gasteiger partial charge is 0.380 e. The van der Waals surface area contributed by atoms with Crippen molar-refractivity contribution < 1.29 is 4.92 Å². The minimum absolute atomic E-state index is 0.117. The minimum atomic E-state index is -0.484. The summed E-state index contributed by atoms with van der Waals surface area (Å²) in [6.45, 7) is 0.847. The highest BCUT2D eigenvalue weighted by molar-refractivity contribution is 5.43. The van der Waals surface area contributed by atoms with Gasteiger partial charge in [-0.3, -0.25) is 0 Å². The van der Waals surface area contributed by atoms with Crippen molar-refractivity contribution in [1.29, 1.82) is 0 Å². The predicted octanol–water partition coefficient (Wildman–Crippen LogP) is 2.28. The van der Waals surface area contributed by atoms with Gasteiger partial charge in [0.25, 0.3) is 0 Å². The fourth-order valence-electron chi connectivity index (χ4n) is 2.68. The summed E-state index contributed by atoms with van der Waals surface area (Å²) >= 11 is 0. The first kappa shape index (κ1) is 13.7. The van der Waals surface area contributed by atoms with E-state index < -0.39 is 4.92 Å². The van der Waals surface area contributed by atoms with Gasteiger partial charge in [0, 0.05) is 18.2 Å². The zero-order valence-electron chi connectivity index (χ0n) is 11.4. The number of rotatable bonds is 5. The summed E-state index contributed by atoms with van der Waals surface area (Å²) in [5, 5.41) is 13.9. The van der Waals surface area contributed by atoms with Crippen LogP contribution in [-0.2, 0) is 0 Å². The lowest BCUT2D eigenvalue weighted by atomic mass is 9.96. The van der Waals surface area contributed by atoms with Crippen molar-refractivity contribution in [1.82, 2.24) is 9.88 Å². The zero-order valence-corrected chi connectivity index (χ0v) is 11.4. The van der Waals surface area contributed by atoms with Crippen molar-refractivity contribution in [3.8, 4) is 0 Å². The van der Waals surface area contributed by atoms with Crippen molar-refractivity contribution in [3.63, 3.8) is 0 Å². The van der Waals surface area contributed by atoms with Crippen molar-refractivity contribution in [2.24, 2.45) is 0 Å². The Morgan fingerprint density at radius 3 is 2.58 bits per heavy atom. The van der Waals surface area contributed by atoms with Crippen LogP contribution in [0.1, 0.15) is 25.7 Å². The number of pyridine rings is 1. The first-order valence-electron chi connectivity index (χ1n) is 6.55. The van der Waals surface area contributed by atoms with Crippen LogP contribution in [0.3, 0.4) is 0 Å². The van der Waals surface area contributed by atoms with Gasteiger partial charge >= 0.3 is 5.82 Å². The molecule has 19 heavy (non-hydrogen) atoms. The van der Waals surface area contributed by atoms with Crippen molar-refractivity contribution in [2.75, 3.05) is 26.0 Å². The Hall–Kier alpha value is -1.69. The van der Waals surface area contributed by atoms with E-state index in [9.17, 15) is 10.1 Å². The molecule has 1 aliphatic carbocycles. The number of nitrogens with zero attached hydrogens (tertiary/aromatic N) is 3. The van der Waals surface area contributed by atoms with Crippen LogP contribution in [0.5, 0.6) is 0 Å². The summed E-state index contributed by atoms with van der Waals surface area (Å²) in [5.41, 5.74) is 1.03. The second-order valence-electron chi connectivity index (χ2n) is 5.34. The van der Waals surface area contributed by atoms with E-state index in [1.165, 1.54) is 37.9 Å². The summed E-state index contributed by atoms with van der Waals surface area (Å²) in [6.07, 6.45) is 6.42. The maximum atomic E-state index is 10.5. The standard InChI is InChI=1S/C13H20N4O2/c1-16(2)13(7-3-4-8-13)10-15-11-5-6-12(14-9-11)17(18)19/h5-6,9,15H,3-4,7-8,10H2,1-2H3. The summed E-state index contributed by atoms with van der Waals surface area (Å²) < 4.78 is 0. The van der Waals surface area contributed by atoms with Crippen LogP contribution in [-0.4, -0.2) is 41.0 Å². The molecule has 1 N–H and O–H groups in total. The Labute approximate surface area is 113 Å². The summed E-state index contributed by atoms with van der Waals surface area (Å²) in [5.74, 6) is -0.117. The molecule has 1 fully saturated rings. The maximum absolute atomic E-state index is 10.5. The molecule has 0 radical (unpaired) electrons. The van der Waals surface area contributed by atoms with Gasteiger partial charge in [0.15, 0.2) is 6.20 Å². The van der Waals surface area contributed by atoms with Crippen molar-refractivity contribution in [3.05, 3.63) is 28.4 Å². The highest BCUT2D eigenvalue weighted by atomic mass is 16.6. The van der Waals surface area contributed by atoms with Gasteiger partial charge in [-0.25, -0.2) is 0 Å². The molecule has 1 heterocycles. The lowest BCUT2D eigenvalue weighted by molar-refractivity contribution is -0.389. The Morgan fingerprint density at radius 1 is 1.42 bits per heavy atom. The zero-order chi connectivity index (χ0) is 13.9. The van der Waals surface area contributed by atoms with Gasteiger partial charge in [0.05, 0.1) is 5.69 Å². The topological polar surface area (TPSA) is 71.3 Å². The summed E-state index contributed by atoms with van der Waals surface area (Å²) in [6, 6.07) is 3.14. The number of hydrogen-bond acceptors (Lipinski definition) is 5. The van der Waals surface area contributed by atoms with Gasteiger partial charge in [-0.15, -0.1) is 0 Å². The number of likely N-dealkylation sites (N-methyl/N-ethyl adjacent to an activating group) is 1. The minimum Gasteiger partial charge on any atom is -0.380 e. The van der Waals surface area contributed by atoms with Crippen LogP contribution >= 0.6 is 0 Å². The Bertz CT molecular complexity index is 438. The third-order valence-corrected chi connectivity index (χ3v) is 4.04. The average molecular weight is 264 g/mol. The normalized spacial score (nSPS) is 17.6. The van der Waals surface area contributed by atoms with Crippen LogP contribution in [0.2, 0.25) is 0 Å². The number of nitro groups is 1. The summed E-state index contributed by atoms with van der Waals surface area (Å²) in [7, 11) is 4.22. The van der Waals surface area contributed by atoms with Gasteiger partial charge in [0.1, 0.15) is 0 Å². The molecule has 0 spiro atoms. The Morgan fingerprint density at radius 2 is 2.11 bits per heavy atom. The molecule has 1 aliphatic rings. The molecule has 0 saturated heterocycles. The molecule has 0 bridgehead atoms. The fraction of sp³-hybridized carbons (Fsp3) is 0.615. The third kappa shape index (κ3) is 3.01. The first-order chi connectivity index (χ1) is 9.03. The van der Waals surface area contributed by atoms with E-state index in [2.05, 4.69) is 29.3 Å². The third-order valence-electron chi connectivity index (χ3n) is 4.04. The van der Waals surface area contributed by atoms with Gasteiger partial charge in [0.2, 0.25) is 0 Å². The van der Waals surface area contributed by atoms with E-state index in [4.69, 9.17) is 0 Å². The monoisotopic (exact) mass is 264 g/mol.